The number of benzene rings is 2. The molecule has 0 saturated carbocycles. The summed E-state index contributed by atoms with van der Waals surface area (Å²) >= 11 is 0. The third-order valence-electron chi connectivity index (χ3n) is 5.41. The summed E-state index contributed by atoms with van der Waals surface area (Å²) in [5.41, 5.74) is 0.805. The van der Waals surface area contributed by atoms with E-state index in [2.05, 4.69) is 5.32 Å². The summed E-state index contributed by atoms with van der Waals surface area (Å²) in [6.07, 6.45) is 1.69. The quantitative estimate of drug-likeness (QED) is 0.888. The van der Waals surface area contributed by atoms with Crippen LogP contribution in [0.15, 0.2) is 42.5 Å². The van der Waals surface area contributed by atoms with Gasteiger partial charge in [0.1, 0.15) is 0 Å². The normalized spacial score (nSPS) is 20.5. The summed E-state index contributed by atoms with van der Waals surface area (Å²) < 4.78 is 5.33. The van der Waals surface area contributed by atoms with Crippen LogP contribution in [-0.4, -0.2) is 61.1 Å². The van der Waals surface area contributed by atoms with Crippen LogP contribution in [-0.2, 0) is 9.53 Å². The van der Waals surface area contributed by atoms with Crippen molar-refractivity contribution < 1.29 is 14.3 Å². The van der Waals surface area contributed by atoms with Crippen LogP contribution >= 0.6 is 0 Å². The number of ether oxygens (including phenoxy) is 1. The Bertz CT molecular complexity index is 827. The molecule has 2 aromatic rings. The second-order valence-electron chi connectivity index (χ2n) is 7.18. The van der Waals surface area contributed by atoms with E-state index in [0.29, 0.717) is 39.4 Å². The minimum Gasteiger partial charge on any atom is -0.378 e. The Morgan fingerprint density at radius 1 is 0.963 bits per heavy atom. The standard InChI is InChI=1S/C21H25N3O3/c25-20(23-11-13-27-14-12-23)17-7-4-10-24(15-17)21(26)22-19-9-3-6-16-5-1-2-8-18(16)19/h1-3,5-6,8-9,17H,4,7,10-15H2,(H,22,26). The lowest BCUT2D eigenvalue weighted by Gasteiger charge is -2.36. The van der Waals surface area contributed by atoms with E-state index in [9.17, 15) is 9.59 Å². The molecule has 0 radical (unpaired) electrons. The molecule has 2 fully saturated rings. The number of nitrogens with one attached hydrogen (secondary N) is 1. The van der Waals surface area contributed by atoms with Gasteiger partial charge in [0.25, 0.3) is 0 Å². The van der Waals surface area contributed by atoms with Gasteiger partial charge < -0.3 is 19.9 Å². The lowest BCUT2D eigenvalue weighted by atomic mass is 9.96. The van der Waals surface area contributed by atoms with Crippen LogP contribution in [0, 0.1) is 5.92 Å². The Labute approximate surface area is 159 Å². The van der Waals surface area contributed by atoms with Gasteiger partial charge in [-0.3, -0.25) is 4.79 Å². The first-order valence-corrected chi connectivity index (χ1v) is 9.62. The van der Waals surface area contributed by atoms with Crippen LogP contribution in [0.5, 0.6) is 0 Å². The summed E-state index contributed by atoms with van der Waals surface area (Å²) in [5.74, 6) is 0.0380. The van der Waals surface area contributed by atoms with Crippen LogP contribution in [0.4, 0.5) is 10.5 Å². The number of rotatable bonds is 2. The molecular weight excluding hydrogens is 342 g/mol. The number of morpholine rings is 1. The molecule has 2 aromatic carbocycles. The van der Waals surface area contributed by atoms with Gasteiger partial charge in [-0.25, -0.2) is 4.79 Å². The van der Waals surface area contributed by atoms with Gasteiger partial charge in [0.05, 0.1) is 24.8 Å². The molecule has 1 atom stereocenters. The molecular formula is C21H25N3O3. The van der Waals surface area contributed by atoms with Crippen molar-refractivity contribution >= 4 is 28.4 Å². The fourth-order valence-electron chi connectivity index (χ4n) is 3.93. The Hall–Kier alpha value is -2.60. The number of carbonyl (C=O) groups excluding carboxylic acids is 2. The predicted octanol–water partition coefficient (Wildman–Crippen LogP) is 2.94. The van der Waals surface area contributed by atoms with E-state index in [4.69, 9.17) is 4.74 Å². The van der Waals surface area contributed by atoms with Crippen LogP contribution in [0.25, 0.3) is 10.8 Å². The molecule has 3 amide bonds. The first kappa shape index (κ1) is 17.8. The molecule has 2 aliphatic heterocycles. The van der Waals surface area contributed by atoms with E-state index < -0.39 is 0 Å². The molecule has 4 rings (SSSR count). The van der Waals surface area contributed by atoms with Crippen molar-refractivity contribution in [3.63, 3.8) is 0 Å². The molecule has 0 aromatic heterocycles. The molecule has 142 valence electrons. The molecule has 0 aliphatic carbocycles. The topological polar surface area (TPSA) is 61.9 Å². The number of anilines is 1. The van der Waals surface area contributed by atoms with Gasteiger partial charge in [0.15, 0.2) is 0 Å². The molecule has 2 saturated heterocycles. The Morgan fingerprint density at radius 3 is 2.59 bits per heavy atom. The highest BCUT2D eigenvalue weighted by atomic mass is 16.5. The average molecular weight is 367 g/mol. The third kappa shape index (κ3) is 3.90. The number of hydrogen-bond acceptors (Lipinski definition) is 3. The van der Waals surface area contributed by atoms with Gasteiger partial charge in [0, 0.05) is 31.6 Å². The van der Waals surface area contributed by atoms with Crippen molar-refractivity contribution in [1.29, 1.82) is 0 Å². The van der Waals surface area contributed by atoms with Crippen molar-refractivity contribution in [2.45, 2.75) is 12.8 Å². The highest BCUT2D eigenvalue weighted by molar-refractivity contribution is 6.01. The third-order valence-corrected chi connectivity index (χ3v) is 5.41. The number of fused-ring (bicyclic) bond motifs is 1. The summed E-state index contributed by atoms with van der Waals surface area (Å²) in [7, 11) is 0. The lowest BCUT2D eigenvalue weighted by Crippen LogP contribution is -2.50. The van der Waals surface area contributed by atoms with Crippen LogP contribution in [0.3, 0.4) is 0 Å². The summed E-state index contributed by atoms with van der Waals surface area (Å²) in [5, 5.41) is 5.15. The van der Waals surface area contributed by atoms with Crippen LogP contribution < -0.4 is 5.32 Å². The van der Waals surface area contributed by atoms with E-state index in [-0.39, 0.29) is 17.9 Å². The van der Waals surface area contributed by atoms with Crippen LogP contribution in [0.2, 0.25) is 0 Å². The van der Waals surface area contributed by atoms with Gasteiger partial charge in [-0.1, -0.05) is 36.4 Å². The minimum atomic E-state index is -0.133. The number of hydrogen-bond donors (Lipinski definition) is 1. The fourth-order valence-corrected chi connectivity index (χ4v) is 3.93. The largest absolute Gasteiger partial charge is 0.378 e. The van der Waals surface area contributed by atoms with Gasteiger partial charge >= 0.3 is 6.03 Å². The molecule has 6 nitrogen and oxygen atoms in total. The van der Waals surface area contributed by atoms with Gasteiger partial charge in [-0.2, -0.15) is 0 Å². The first-order chi connectivity index (χ1) is 13.2. The van der Waals surface area contributed by atoms with E-state index in [0.717, 1.165) is 29.3 Å². The highest BCUT2D eigenvalue weighted by Crippen LogP contribution is 2.25. The number of likely N-dealkylation sites (tertiary alicyclic amines) is 1. The number of nitrogens with zero attached hydrogens (tertiary/aromatic N) is 2. The molecule has 2 heterocycles. The number of carbonyl (C=O) groups is 2. The summed E-state index contributed by atoms with van der Waals surface area (Å²) in [4.78, 5) is 29.2. The maximum absolute atomic E-state index is 12.8. The number of urea groups is 1. The van der Waals surface area contributed by atoms with Gasteiger partial charge in [-0.15, -0.1) is 0 Å². The number of amides is 3. The zero-order chi connectivity index (χ0) is 18.6. The maximum Gasteiger partial charge on any atom is 0.321 e. The summed E-state index contributed by atoms with van der Waals surface area (Å²) in [6, 6.07) is 13.7. The van der Waals surface area contributed by atoms with E-state index >= 15 is 0 Å². The maximum atomic E-state index is 12.8. The second kappa shape index (κ2) is 7.96. The Balaban J connectivity index is 1.43. The molecule has 1 N–H and O–H groups in total. The van der Waals surface area contributed by atoms with Crippen molar-refractivity contribution in [2.24, 2.45) is 5.92 Å². The van der Waals surface area contributed by atoms with Crippen molar-refractivity contribution in [1.82, 2.24) is 9.80 Å². The minimum absolute atomic E-state index is 0.116. The predicted molar refractivity (Wildman–Crippen MR) is 105 cm³/mol. The smallest absolute Gasteiger partial charge is 0.321 e. The van der Waals surface area contributed by atoms with E-state index in [1.165, 1.54) is 0 Å². The monoisotopic (exact) mass is 367 g/mol. The van der Waals surface area contributed by atoms with E-state index in [1.54, 1.807) is 4.90 Å². The molecule has 6 heteroatoms. The molecule has 0 bridgehead atoms. The van der Waals surface area contributed by atoms with Crippen molar-refractivity contribution in [3.05, 3.63) is 42.5 Å². The van der Waals surface area contributed by atoms with Crippen molar-refractivity contribution in [2.75, 3.05) is 44.7 Å². The van der Waals surface area contributed by atoms with Gasteiger partial charge in [0.2, 0.25) is 5.91 Å². The first-order valence-electron chi connectivity index (χ1n) is 9.62. The molecule has 0 spiro atoms. The fraction of sp³-hybridized carbons (Fsp3) is 0.429. The Kier molecular flexibility index (Phi) is 5.25. The lowest BCUT2D eigenvalue weighted by molar-refractivity contribution is -0.141. The average Bonchev–Trinajstić information content (AvgIpc) is 2.74. The van der Waals surface area contributed by atoms with Crippen LogP contribution in [0.1, 0.15) is 12.8 Å². The zero-order valence-electron chi connectivity index (χ0n) is 15.4. The van der Waals surface area contributed by atoms with Gasteiger partial charge in [-0.05, 0) is 24.3 Å². The number of piperidine rings is 1. The Morgan fingerprint density at radius 2 is 1.74 bits per heavy atom. The molecule has 1 unspecified atom stereocenters. The van der Waals surface area contributed by atoms with Crippen molar-refractivity contribution in [3.8, 4) is 0 Å². The SMILES string of the molecule is O=C(Nc1cccc2ccccc12)N1CCCC(C(=O)N2CCOCC2)C1. The van der Waals surface area contributed by atoms with E-state index in [1.807, 2.05) is 47.4 Å². The highest BCUT2D eigenvalue weighted by Gasteiger charge is 2.32. The molecule has 27 heavy (non-hydrogen) atoms. The second-order valence-corrected chi connectivity index (χ2v) is 7.18. The molecule has 2 aliphatic rings. The zero-order valence-corrected chi connectivity index (χ0v) is 15.4. The summed E-state index contributed by atoms with van der Waals surface area (Å²) in [6.45, 7) is 3.67.